The molecule has 0 radical (unpaired) electrons. The third-order valence-electron chi connectivity index (χ3n) is 3.01. The number of hydrogen-bond donors (Lipinski definition) is 0. The summed E-state index contributed by atoms with van der Waals surface area (Å²) < 4.78 is 5.50. The summed E-state index contributed by atoms with van der Waals surface area (Å²) in [6.45, 7) is 0.778. The molecular weight excluding hydrogens is 248 g/mol. The predicted molar refractivity (Wildman–Crippen MR) is 71.1 cm³/mol. The number of halogens is 1. The van der Waals surface area contributed by atoms with Crippen LogP contribution in [0.1, 0.15) is 11.4 Å². The highest BCUT2D eigenvalue weighted by molar-refractivity contribution is 6.17. The molecule has 0 aliphatic carbocycles. The average Bonchev–Trinajstić information content (AvgIpc) is 2.86. The average molecular weight is 261 g/mol. The van der Waals surface area contributed by atoms with Gasteiger partial charge in [-0.05, 0) is 29.8 Å². The maximum absolute atomic E-state index is 5.71. The van der Waals surface area contributed by atoms with E-state index in [1.165, 1.54) is 5.56 Å². The lowest BCUT2D eigenvalue weighted by Crippen LogP contribution is -1.97. The van der Waals surface area contributed by atoms with E-state index in [4.69, 9.17) is 16.3 Å². The van der Waals surface area contributed by atoms with Crippen LogP contribution in [0.5, 0.6) is 5.75 Å². The van der Waals surface area contributed by atoms with Crippen LogP contribution in [0.15, 0.2) is 30.5 Å². The molecule has 2 aromatic rings. The molecule has 0 amide bonds. The van der Waals surface area contributed by atoms with E-state index in [1.54, 1.807) is 6.20 Å². The molecule has 0 fully saturated rings. The number of ether oxygens (including phenoxy) is 1. The molecule has 1 aromatic carbocycles. The summed E-state index contributed by atoms with van der Waals surface area (Å²) in [6, 6.07) is 8.13. The standard InChI is InChI=1S/C14H13ClN2O/c15-6-3-14-16-7-4-12(17-14)10-1-2-13-11(9-10)5-8-18-13/h1-2,4,7,9H,3,5-6,8H2. The van der Waals surface area contributed by atoms with Gasteiger partial charge in [0.2, 0.25) is 0 Å². The minimum absolute atomic E-state index is 0.543. The number of hydrogen-bond acceptors (Lipinski definition) is 3. The number of aryl methyl sites for hydroxylation is 1. The van der Waals surface area contributed by atoms with Gasteiger partial charge in [-0.15, -0.1) is 11.6 Å². The molecule has 0 bridgehead atoms. The van der Waals surface area contributed by atoms with Crippen molar-refractivity contribution in [3.8, 4) is 17.0 Å². The summed E-state index contributed by atoms with van der Waals surface area (Å²) in [5.74, 6) is 2.33. The van der Waals surface area contributed by atoms with Gasteiger partial charge in [-0.2, -0.15) is 0 Å². The summed E-state index contributed by atoms with van der Waals surface area (Å²) in [6.07, 6.45) is 3.46. The molecule has 0 saturated carbocycles. The second-order valence-corrected chi connectivity index (χ2v) is 4.60. The van der Waals surface area contributed by atoms with E-state index in [2.05, 4.69) is 16.0 Å². The van der Waals surface area contributed by atoms with Crippen LogP contribution in [0.25, 0.3) is 11.3 Å². The molecule has 18 heavy (non-hydrogen) atoms. The lowest BCUT2D eigenvalue weighted by atomic mass is 10.1. The van der Waals surface area contributed by atoms with Crippen LogP contribution < -0.4 is 4.74 Å². The fourth-order valence-corrected chi connectivity index (χ4v) is 2.28. The molecule has 1 aliphatic heterocycles. The van der Waals surface area contributed by atoms with Crippen molar-refractivity contribution < 1.29 is 4.74 Å². The Labute approximate surface area is 111 Å². The van der Waals surface area contributed by atoms with Crippen molar-refractivity contribution in [2.45, 2.75) is 12.8 Å². The maximum Gasteiger partial charge on any atom is 0.130 e. The van der Waals surface area contributed by atoms with Gasteiger partial charge < -0.3 is 4.74 Å². The zero-order valence-corrected chi connectivity index (χ0v) is 10.7. The first kappa shape index (κ1) is 11.5. The molecule has 0 N–H and O–H groups in total. The van der Waals surface area contributed by atoms with E-state index in [0.29, 0.717) is 12.3 Å². The highest BCUT2D eigenvalue weighted by Crippen LogP contribution is 2.29. The zero-order chi connectivity index (χ0) is 12.4. The first-order valence-electron chi connectivity index (χ1n) is 6.01. The van der Waals surface area contributed by atoms with Crippen LogP contribution in [0, 0.1) is 0 Å². The highest BCUT2D eigenvalue weighted by Gasteiger charge is 2.13. The predicted octanol–water partition coefficient (Wildman–Crippen LogP) is 2.86. The smallest absolute Gasteiger partial charge is 0.130 e. The fraction of sp³-hybridized carbons (Fsp3) is 0.286. The van der Waals surface area contributed by atoms with Gasteiger partial charge in [0.15, 0.2) is 0 Å². The van der Waals surface area contributed by atoms with Crippen LogP contribution >= 0.6 is 11.6 Å². The topological polar surface area (TPSA) is 35.0 Å². The largest absolute Gasteiger partial charge is 0.493 e. The summed E-state index contributed by atoms with van der Waals surface area (Å²) >= 11 is 5.71. The van der Waals surface area contributed by atoms with Gasteiger partial charge in [-0.25, -0.2) is 9.97 Å². The van der Waals surface area contributed by atoms with Crippen molar-refractivity contribution >= 4 is 11.6 Å². The second-order valence-electron chi connectivity index (χ2n) is 4.22. The third-order valence-corrected chi connectivity index (χ3v) is 3.20. The van der Waals surface area contributed by atoms with E-state index >= 15 is 0 Å². The van der Waals surface area contributed by atoms with Gasteiger partial charge in [0, 0.05) is 30.5 Å². The Morgan fingerprint density at radius 3 is 3.11 bits per heavy atom. The molecule has 3 nitrogen and oxygen atoms in total. The lowest BCUT2D eigenvalue weighted by Gasteiger charge is -2.05. The van der Waals surface area contributed by atoms with Gasteiger partial charge in [0.25, 0.3) is 0 Å². The highest BCUT2D eigenvalue weighted by atomic mass is 35.5. The summed E-state index contributed by atoms with van der Waals surface area (Å²) in [4.78, 5) is 8.73. The Balaban J connectivity index is 1.96. The Bertz CT molecular complexity index is 571. The molecule has 0 spiro atoms. The van der Waals surface area contributed by atoms with Crippen molar-refractivity contribution in [2.75, 3.05) is 12.5 Å². The van der Waals surface area contributed by atoms with Crippen LogP contribution in [0.3, 0.4) is 0 Å². The summed E-state index contributed by atoms with van der Waals surface area (Å²) in [5.41, 5.74) is 3.31. The molecule has 4 heteroatoms. The van der Waals surface area contributed by atoms with Crippen molar-refractivity contribution in [1.82, 2.24) is 9.97 Å². The molecule has 3 rings (SSSR count). The van der Waals surface area contributed by atoms with E-state index in [-0.39, 0.29) is 0 Å². The van der Waals surface area contributed by atoms with E-state index in [1.807, 2.05) is 18.2 Å². The first-order chi connectivity index (χ1) is 8.86. The molecule has 0 unspecified atom stereocenters. The van der Waals surface area contributed by atoms with Crippen LogP contribution in [0.2, 0.25) is 0 Å². The molecule has 0 atom stereocenters. The quantitative estimate of drug-likeness (QED) is 0.796. The number of nitrogens with zero attached hydrogens (tertiary/aromatic N) is 2. The monoisotopic (exact) mass is 260 g/mol. The molecule has 1 aromatic heterocycles. The Morgan fingerprint density at radius 1 is 1.28 bits per heavy atom. The van der Waals surface area contributed by atoms with Crippen molar-refractivity contribution in [1.29, 1.82) is 0 Å². The van der Waals surface area contributed by atoms with Gasteiger partial charge in [-0.1, -0.05) is 0 Å². The number of aromatic nitrogens is 2. The molecular formula is C14H13ClN2O. The van der Waals surface area contributed by atoms with Crippen LogP contribution in [-0.2, 0) is 12.8 Å². The Morgan fingerprint density at radius 2 is 2.22 bits per heavy atom. The van der Waals surface area contributed by atoms with E-state index < -0.39 is 0 Å². The third kappa shape index (κ3) is 2.18. The van der Waals surface area contributed by atoms with Gasteiger partial charge >= 0.3 is 0 Å². The minimum atomic E-state index is 0.543. The molecule has 1 aliphatic rings. The lowest BCUT2D eigenvalue weighted by molar-refractivity contribution is 0.357. The number of fused-ring (bicyclic) bond motifs is 1. The minimum Gasteiger partial charge on any atom is -0.493 e. The van der Waals surface area contributed by atoms with E-state index in [0.717, 1.165) is 35.9 Å². The van der Waals surface area contributed by atoms with Crippen molar-refractivity contribution in [3.05, 3.63) is 41.9 Å². The van der Waals surface area contributed by atoms with Crippen molar-refractivity contribution in [3.63, 3.8) is 0 Å². The number of benzene rings is 1. The SMILES string of the molecule is ClCCc1nccc(-c2ccc3c(c2)CCO3)n1. The van der Waals surface area contributed by atoms with Gasteiger partial charge in [-0.3, -0.25) is 0 Å². The molecule has 0 saturated heterocycles. The normalized spacial score (nSPS) is 13.2. The zero-order valence-electron chi connectivity index (χ0n) is 9.90. The molecule has 2 heterocycles. The van der Waals surface area contributed by atoms with Crippen LogP contribution in [-0.4, -0.2) is 22.5 Å². The van der Waals surface area contributed by atoms with Gasteiger partial charge in [0.05, 0.1) is 12.3 Å². The maximum atomic E-state index is 5.71. The summed E-state index contributed by atoms with van der Waals surface area (Å²) in [5, 5.41) is 0. The first-order valence-corrected chi connectivity index (χ1v) is 6.54. The number of alkyl halides is 1. The Hall–Kier alpha value is -1.61. The summed E-state index contributed by atoms with van der Waals surface area (Å²) in [7, 11) is 0. The second kappa shape index (κ2) is 4.94. The van der Waals surface area contributed by atoms with Crippen LogP contribution in [0.4, 0.5) is 0 Å². The number of rotatable bonds is 3. The van der Waals surface area contributed by atoms with E-state index in [9.17, 15) is 0 Å². The Kier molecular flexibility index (Phi) is 3.15. The molecule has 92 valence electrons. The van der Waals surface area contributed by atoms with Crippen molar-refractivity contribution in [2.24, 2.45) is 0 Å². The fourth-order valence-electron chi connectivity index (χ4n) is 2.11. The van der Waals surface area contributed by atoms with Gasteiger partial charge in [0.1, 0.15) is 11.6 Å².